The van der Waals surface area contributed by atoms with Crippen molar-refractivity contribution >= 4 is 34.8 Å². The van der Waals surface area contributed by atoms with E-state index in [1.165, 1.54) is 6.07 Å². The van der Waals surface area contributed by atoms with Crippen LogP contribution in [-0.4, -0.2) is 0 Å². The molecular formula is C13H8Cl3F. The van der Waals surface area contributed by atoms with Crippen molar-refractivity contribution in [1.82, 2.24) is 0 Å². The third-order valence-corrected chi connectivity index (χ3v) is 3.11. The number of alkyl halides is 1. The van der Waals surface area contributed by atoms with Gasteiger partial charge in [0.25, 0.3) is 0 Å². The Hall–Kier alpha value is -0.760. The first-order chi connectivity index (χ1) is 8.10. The SMILES string of the molecule is Fc1cc(CCl)ccc1-c1cc(Cl)cc(Cl)c1. The van der Waals surface area contributed by atoms with Crippen LogP contribution in [0.25, 0.3) is 11.1 Å². The molecule has 0 heterocycles. The van der Waals surface area contributed by atoms with E-state index in [-0.39, 0.29) is 11.7 Å². The molecule has 0 radical (unpaired) electrons. The first-order valence-corrected chi connectivity index (χ1v) is 6.20. The Bertz CT molecular complexity index is 532. The molecule has 0 fully saturated rings. The van der Waals surface area contributed by atoms with E-state index in [0.29, 0.717) is 21.2 Å². The standard InChI is InChI=1S/C13H8Cl3F/c14-7-8-1-2-12(13(17)3-8)9-4-10(15)6-11(16)5-9/h1-6H,7H2. The van der Waals surface area contributed by atoms with Crippen LogP contribution in [0.15, 0.2) is 36.4 Å². The van der Waals surface area contributed by atoms with Gasteiger partial charge >= 0.3 is 0 Å². The lowest BCUT2D eigenvalue weighted by atomic mass is 10.0. The largest absolute Gasteiger partial charge is 0.206 e. The van der Waals surface area contributed by atoms with Gasteiger partial charge in [0.2, 0.25) is 0 Å². The predicted octanol–water partition coefficient (Wildman–Crippen LogP) is 5.54. The topological polar surface area (TPSA) is 0 Å². The molecule has 0 bridgehead atoms. The minimum Gasteiger partial charge on any atom is -0.206 e. The molecule has 2 rings (SSSR count). The third kappa shape index (κ3) is 2.92. The molecule has 0 saturated carbocycles. The summed E-state index contributed by atoms with van der Waals surface area (Å²) in [6.45, 7) is 0. The van der Waals surface area contributed by atoms with Gasteiger partial charge in [0.05, 0.1) is 0 Å². The van der Waals surface area contributed by atoms with Crippen LogP contribution in [-0.2, 0) is 5.88 Å². The second kappa shape index (κ2) is 5.26. The summed E-state index contributed by atoms with van der Waals surface area (Å²) in [5, 5.41) is 0.960. The maximum absolute atomic E-state index is 13.8. The van der Waals surface area contributed by atoms with Gasteiger partial charge in [0.15, 0.2) is 0 Å². The van der Waals surface area contributed by atoms with E-state index in [4.69, 9.17) is 34.8 Å². The number of benzene rings is 2. The first-order valence-electron chi connectivity index (χ1n) is 4.91. The molecule has 17 heavy (non-hydrogen) atoms. The predicted molar refractivity (Wildman–Crippen MR) is 71.4 cm³/mol. The Labute approximate surface area is 114 Å². The summed E-state index contributed by atoms with van der Waals surface area (Å²) in [4.78, 5) is 0. The Balaban J connectivity index is 2.52. The number of rotatable bonds is 2. The fraction of sp³-hybridized carbons (Fsp3) is 0.0769. The van der Waals surface area contributed by atoms with Crippen molar-refractivity contribution in [2.75, 3.05) is 0 Å². The highest BCUT2D eigenvalue weighted by Crippen LogP contribution is 2.29. The Morgan fingerprint density at radius 1 is 0.941 bits per heavy atom. The lowest BCUT2D eigenvalue weighted by molar-refractivity contribution is 0.630. The zero-order valence-electron chi connectivity index (χ0n) is 8.68. The van der Waals surface area contributed by atoms with Gasteiger partial charge in [0, 0.05) is 21.5 Å². The van der Waals surface area contributed by atoms with E-state index in [1.54, 1.807) is 30.3 Å². The lowest BCUT2D eigenvalue weighted by Gasteiger charge is -2.06. The van der Waals surface area contributed by atoms with E-state index >= 15 is 0 Å². The summed E-state index contributed by atoms with van der Waals surface area (Å²) in [5.41, 5.74) is 1.85. The van der Waals surface area contributed by atoms with Gasteiger partial charge in [-0.25, -0.2) is 4.39 Å². The molecule has 0 aliphatic heterocycles. The van der Waals surface area contributed by atoms with E-state index < -0.39 is 0 Å². The molecule has 0 atom stereocenters. The highest BCUT2D eigenvalue weighted by atomic mass is 35.5. The average Bonchev–Trinajstić information content (AvgIpc) is 2.27. The molecule has 4 heteroatoms. The number of hydrogen-bond acceptors (Lipinski definition) is 0. The van der Waals surface area contributed by atoms with E-state index in [2.05, 4.69) is 0 Å². The number of halogens is 4. The van der Waals surface area contributed by atoms with Crippen LogP contribution in [0.2, 0.25) is 10.0 Å². The van der Waals surface area contributed by atoms with Crippen molar-refractivity contribution in [3.8, 4) is 11.1 Å². The lowest BCUT2D eigenvalue weighted by Crippen LogP contribution is -1.87. The summed E-state index contributed by atoms with van der Waals surface area (Å²) in [6, 6.07) is 9.82. The van der Waals surface area contributed by atoms with Gasteiger partial charge in [-0.15, -0.1) is 11.6 Å². The zero-order chi connectivity index (χ0) is 12.4. The van der Waals surface area contributed by atoms with Gasteiger partial charge in [-0.2, -0.15) is 0 Å². The molecule has 2 aromatic carbocycles. The highest BCUT2D eigenvalue weighted by Gasteiger charge is 2.07. The second-order valence-corrected chi connectivity index (χ2v) is 4.75. The maximum atomic E-state index is 13.8. The van der Waals surface area contributed by atoms with Crippen LogP contribution in [0.1, 0.15) is 5.56 Å². The van der Waals surface area contributed by atoms with E-state index in [0.717, 1.165) is 5.56 Å². The molecule has 0 aromatic heterocycles. The first kappa shape index (κ1) is 12.7. The Kier molecular flexibility index (Phi) is 3.93. The highest BCUT2D eigenvalue weighted by molar-refractivity contribution is 6.35. The number of hydrogen-bond donors (Lipinski definition) is 0. The van der Waals surface area contributed by atoms with Gasteiger partial charge in [-0.3, -0.25) is 0 Å². The van der Waals surface area contributed by atoms with Crippen molar-refractivity contribution in [3.63, 3.8) is 0 Å². The molecule has 0 amide bonds. The van der Waals surface area contributed by atoms with Crippen molar-refractivity contribution in [2.45, 2.75) is 5.88 Å². The van der Waals surface area contributed by atoms with Gasteiger partial charge in [-0.1, -0.05) is 35.3 Å². The van der Waals surface area contributed by atoms with Gasteiger partial charge in [-0.05, 0) is 35.4 Å². The van der Waals surface area contributed by atoms with Crippen LogP contribution in [0, 0.1) is 5.82 Å². The van der Waals surface area contributed by atoms with Gasteiger partial charge in [0.1, 0.15) is 5.82 Å². The van der Waals surface area contributed by atoms with Gasteiger partial charge < -0.3 is 0 Å². The molecule has 0 N–H and O–H groups in total. The molecule has 0 saturated heterocycles. The summed E-state index contributed by atoms with van der Waals surface area (Å²) in [7, 11) is 0. The maximum Gasteiger partial charge on any atom is 0.131 e. The zero-order valence-corrected chi connectivity index (χ0v) is 11.0. The van der Waals surface area contributed by atoms with Crippen molar-refractivity contribution in [2.24, 2.45) is 0 Å². The Morgan fingerprint density at radius 3 is 2.12 bits per heavy atom. The fourth-order valence-corrected chi connectivity index (χ4v) is 2.28. The molecule has 2 aromatic rings. The van der Waals surface area contributed by atoms with Crippen LogP contribution in [0.4, 0.5) is 4.39 Å². The molecule has 0 unspecified atom stereocenters. The smallest absolute Gasteiger partial charge is 0.131 e. The average molecular weight is 290 g/mol. The quantitative estimate of drug-likeness (QED) is 0.637. The summed E-state index contributed by atoms with van der Waals surface area (Å²) in [5.74, 6) is -0.0467. The second-order valence-electron chi connectivity index (χ2n) is 3.61. The normalized spacial score (nSPS) is 10.6. The minimum absolute atomic E-state index is 0.285. The summed E-state index contributed by atoms with van der Waals surface area (Å²) >= 11 is 17.4. The molecule has 88 valence electrons. The molecule has 0 aliphatic carbocycles. The Morgan fingerprint density at radius 2 is 1.59 bits per heavy atom. The fourth-order valence-electron chi connectivity index (χ4n) is 1.59. The van der Waals surface area contributed by atoms with E-state index in [1.807, 2.05) is 0 Å². The minimum atomic E-state index is -0.332. The molecule has 0 nitrogen and oxygen atoms in total. The third-order valence-electron chi connectivity index (χ3n) is 2.36. The monoisotopic (exact) mass is 288 g/mol. The van der Waals surface area contributed by atoms with Crippen LogP contribution in [0.3, 0.4) is 0 Å². The molecular weight excluding hydrogens is 282 g/mol. The molecule has 0 aliphatic rings. The summed E-state index contributed by atoms with van der Waals surface area (Å²) in [6.07, 6.45) is 0. The van der Waals surface area contributed by atoms with Crippen LogP contribution >= 0.6 is 34.8 Å². The van der Waals surface area contributed by atoms with Crippen LogP contribution < -0.4 is 0 Å². The van der Waals surface area contributed by atoms with Crippen LogP contribution in [0.5, 0.6) is 0 Å². The van der Waals surface area contributed by atoms with Crippen molar-refractivity contribution in [1.29, 1.82) is 0 Å². The van der Waals surface area contributed by atoms with E-state index in [9.17, 15) is 4.39 Å². The molecule has 0 spiro atoms. The van der Waals surface area contributed by atoms with Crippen molar-refractivity contribution < 1.29 is 4.39 Å². The van der Waals surface area contributed by atoms with Crippen molar-refractivity contribution in [3.05, 3.63) is 57.8 Å². The summed E-state index contributed by atoms with van der Waals surface area (Å²) < 4.78 is 13.8.